The second-order valence-corrected chi connectivity index (χ2v) is 11.5. The van der Waals surface area contributed by atoms with Crippen LogP contribution in [0.1, 0.15) is 13.8 Å². The third-order valence-electron chi connectivity index (χ3n) is 4.49. The van der Waals surface area contributed by atoms with E-state index in [2.05, 4.69) is 36.4 Å². The van der Waals surface area contributed by atoms with Crippen molar-refractivity contribution in [2.45, 2.75) is 13.8 Å². The van der Waals surface area contributed by atoms with Crippen molar-refractivity contribution in [1.82, 2.24) is 0 Å². The van der Waals surface area contributed by atoms with Crippen molar-refractivity contribution in [2.24, 2.45) is 4.74 Å². The van der Waals surface area contributed by atoms with Gasteiger partial charge in [-0.1, -0.05) is 91.0 Å². The summed E-state index contributed by atoms with van der Waals surface area (Å²) >= 11 is 0. The van der Waals surface area contributed by atoms with Crippen LogP contribution in [0.4, 0.5) is 0 Å². The zero-order chi connectivity index (χ0) is 20.6. The lowest BCUT2D eigenvalue weighted by molar-refractivity contribution is 0.221. The molecule has 0 aliphatic heterocycles. The number of hydrogen-bond donors (Lipinski definition) is 0. The summed E-state index contributed by atoms with van der Waals surface area (Å²) in [5.41, 5.74) is 0. The lowest BCUT2D eigenvalue weighted by Crippen LogP contribution is -2.25. The molecule has 3 aromatic carbocycles. The normalized spacial score (nSPS) is 11.9. The molecule has 0 aromatic heterocycles. The highest BCUT2D eigenvalue weighted by atomic mass is 31.2. The summed E-state index contributed by atoms with van der Waals surface area (Å²) in [6, 6.07) is 30.7. The molecule has 0 saturated carbocycles. The molecular formula is C23H27NO3P2. The van der Waals surface area contributed by atoms with Crippen LogP contribution in [0.25, 0.3) is 0 Å². The summed E-state index contributed by atoms with van der Waals surface area (Å²) in [4.78, 5) is 0. The second-order valence-electron chi connectivity index (χ2n) is 6.37. The lowest BCUT2D eigenvalue weighted by atomic mass is 10.4. The fourth-order valence-corrected chi connectivity index (χ4v) is 8.91. The van der Waals surface area contributed by atoms with Crippen molar-refractivity contribution in [3.8, 4) is 0 Å². The fourth-order valence-electron chi connectivity index (χ4n) is 3.31. The molecule has 0 aliphatic carbocycles. The van der Waals surface area contributed by atoms with Crippen LogP contribution in [0, 0.1) is 0 Å². The molecule has 0 spiro atoms. The molecule has 0 radical (unpaired) electrons. The maximum atomic E-state index is 13.2. The van der Waals surface area contributed by atoms with Crippen molar-refractivity contribution in [3.63, 3.8) is 0 Å². The van der Waals surface area contributed by atoms with E-state index in [1.165, 1.54) is 0 Å². The molecule has 0 atom stereocenters. The highest BCUT2D eigenvalue weighted by Gasteiger charge is 2.30. The first kappa shape index (κ1) is 21.7. The second kappa shape index (κ2) is 10.2. The zero-order valence-electron chi connectivity index (χ0n) is 16.8. The predicted octanol–water partition coefficient (Wildman–Crippen LogP) is 5.39. The Morgan fingerprint density at radius 1 is 0.655 bits per heavy atom. The molecule has 0 N–H and O–H groups in total. The fraction of sp³-hybridized carbons (Fsp3) is 0.217. The van der Waals surface area contributed by atoms with Gasteiger partial charge in [0, 0.05) is 15.9 Å². The van der Waals surface area contributed by atoms with E-state index in [1.807, 2.05) is 68.4 Å². The topological polar surface area (TPSA) is 47.9 Å². The minimum Gasteiger partial charge on any atom is -0.308 e. The molecular weight excluding hydrogens is 400 g/mol. The Balaban J connectivity index is 2.29. The van der Waals surface area contributed by atoms with Crippen LogP contribution in [0.2, 0.25) is 0 Å². The van der Waals surface area contributed by atoms with E-state index >= 15 is 0 Å². The molecule has 3 aromatic rings. The summed E-state index contributed by atoms with van der Waals surface area (Å²) in [6.45, 7) is 4.28. The molecule has 0 bridgehead atoms. The molecule has 29 heavy (non-hydrogen) atoms. The van der Waals surface area contributed by atoms with E-state index in [1.54, 1.807) is 0 Å². The zero-order valence-corrected chi connectivity index (χ0v) is 18.6. The average molecular weight is 427 g/mol. The maximum absolute atomic E-state index is 13.2. The standard InChI is InChI=1S/C23H27NO3P2/c1-3-26-28(25,27-4-2)20-24-29(21-14-8-5-9-15-21,22-16-10-6-11-17-22)23-18-12-7-13-19-23/h5-19H,3-4,20H2,1-2H3. The Hall–Kier alpha value is -1.96. The minimum atomic E-state index is -3.32. The van der Waals surface area contributed by atoms with Crippen LogP contribution in [-0.4, -0.2) is 19.5 Å². The SMILES string of the molecule is CCOP(=O)(CN=P(c1ccccc1)(c1ccccc1)c1ccccc1)OCC. The molecule has 0 amide bonds. The van der Waals surface area contributed by atoms with Crippen LogP contribution in [-0.2, 0) is 13.6 Å². The van der Waals surface area contributed by atoms with E-state index in [0.717, 1.165) is 15.9 Å². The summed E-state index contributed by atoms with van der Waals surface area (Å²) in [5.74, 6) is 0. The maximum Gasteiger partial charge on any atom is 0.351 e. The first-order chi connectivity index (χ1) is 14.1. The molecule has 3 rings (SSSR count). The number of benzene rings is 3. The Bertz CT molecular complexity index is 879. The summed E-state index contributed by atoms with van der Waals surface area (Å²) in [5, 5.41) is 3.32. The van der Waals surface area contributed by atoms with Gasteiger partial charge < -0.3 is 9.05 Å². The van der Waals surface area contributed by atoms with Gasteiger partial charge in [-0.25, -0.2) is 0 Å². The Morgan fingerprint density at radius 2 is 1.00 bits per heavy atom. The van der Waals surface area contributed by atoms with E-state index in [9.17, 15) is 4.57 Å². The lowest BCUT2D eigenvalue weighted by Gasteiger charge is -2.28. The van der Waals surface area contributed by atoms with Crippen LogP contribution in [0.5, 0.6) is 0 Å². The number of nitrogens with zero attached hydrogens (tertiary/aromatic N) is 1. The third kappa shape index (κ3) is 4.97. The van der Waals surface area contributed by atoms with Gasteiger partial charge in [-0.3, -0.25) is 9.31 Å². The first-order valence-electron chi connectivity index (χ1n) is 9.77. The van der Waals surface area contributed by atoms with Crippen LogP contribution >= 0.6 is 14.7 Å². The van der Waals surface area contributed by atoms with E-state index in [0.29, 0.717) is 13.2 Å². The minimum absolute atomic E-state index is 0.0150. The van der Waals surface area contributed by atoms with Gasteiger partial charge in [-0.2, -0.15) is 0 Å². The van der Waals surface area contributed by atoms with E-state index < -0.39 is 14.7 Å². The summed E-state index contributed by atoms with van der Waals surface area (Å²) < 4.78 is 29.5. The van der Waals surface area contributed by atoms with Gasteiger partial charge in [0.1, 0.15) is 6.29 Å². The third-order valence-corrected chi connectivity index (χ3v) is 10.2. The quantitative estimate of drug-likeness (QED) is 0.431. The van der Waals surface area contributed by atoms with E-state index in [-0.39, 0.29) is 6.29 Å². The number of hydrogen-bond acceptors (Lipinski definition) is 4. The molecule has 0 fully saturated rings. The largest absolute Gasteiger partial charge is 0.351 e. The Labute approximate surface area is 173 Å². The van der Waals surface area contributed by atoms with Gasteiger partial charge in [0.05, 0.1) is 20.3 Å². The molecule has 152 valence electrons. The molecule has 0 aliphatic rings. The van der Waals surface area contributed by atoms with Crippen molar-refractivity contribution in [3.05, 3.63) is 91.0 Å². The highest BCUT2D eigenvalue weighted by molar-refractivity contribution is 7.87. The Morgan fingerprint density at radius 3 is 1.31 bits per heavy atom. The first-order valence-corrected chi connectivity index (χ1v) is 13.2. The Kier molecular flexibility index (Phi) is 7.64. The summed E-state index contributed by atoms with van der Waals surface area (Å²) in [7, 11) is -5.72. The van der Waals surface area contributed by atoms with E-state index in [4.69, 9.17) is 13.8 Å². The van der Waals surface area contributed by atoms with Gasteiger partial charge in [-0.05, 0) is 13.8 Å². The van der Waals surface area contributed by atoms with Crippen molar-refractivity contribution >= 4 is 30.6 Å². The van der Waals surface area contributed by atoms with Gasteiger partial charge in [0.2, 0.25) is 0 Å². The van der Waals surface area contributed by atoms with Crippen LogP contribution in [0.3, 0.4) is 0 Å². The van der Waals surface area contributed by atoms with Crippen molar-refractivity contribution in [2.75, 3.05) is 19.5 Å². The molecule has 0 unspecified atom stereocenters. The van der Waals surface area contributed by atoms with Crippen LogP contribution in [0.15, 0.2) is 95.7 Å². The monoisotopic (exact) mass is 427 g/mol. The molecule has 0 saturated heterocycles. The highest BCUT2D eigenvalue weighted by Crippen LogP contribution is 2.53. The molecule has 4 nitrogen and oxygen atoms in total. The summed E-state index contributed by atoms with van der Waals surface area (Å²) in [6.07, 6.45) is 0.0150. The smallest absolute Gasteiger partial charge is 0.308 e. The average Bonchev–Trinajstić information content (AvgIpc) is 2.77. The van der Waals surface area contributed by atoms with Crippen LogP contribution < -0.4 is 15.9 Å². The molecule has 0 heterocycles. The van der Waals surface area contributed by atoms with Gasteiger partial charge in [0.15, 0.2) is 0 Å². The number of rotatable bonds is 9. The van der Waals surface area contributed by atoms with Gasteiger partial charge >= 0.3 is 7.60 Å². The van der Waals surface area contributed by atoms with Gasteiger partial charge in [-0.15, -0.1) is 0 Å². The van der Waals surface area contributed by atoms with Crippen molar-refractivity contribution in [1.29, 1.82) is 0 Å². The molecule has 6 heteroatoms. The van der Waals surface area contributed by atoms with Crippen molar-refractivity contribution < 1.29 is 13.6 Å². The van der Waals surface area contributed by atoms with Gasteiger partial charge in [0.25, 0.3) is 0 Å². The predicted molar refractivity (Wildman–Crippen MR) is 123 cm³/mol.